The zero-order valence-corrected chi connectivity index (χ0v) is 8.35. The maximum atomic E-state index is 11.3. The molecule has 2 rings (SSSR count). The summed E-state index contributed by atoms with van der Waals surface area (Å²) in [5.41, 5.74) is -0.808. The van der Waals surface area contributed by atoms with E-state index in [-0.39, 0.29) is 18.8 Å². The second kappa shape index (κ2) is 3.36. The van der Waals surface area contributed by atoms with Crippen LogP contribution in [0.4, 0.5) is 0 Å². The highest BCUT2D eigenvalue weighted by Gasteiger charge is 2.53. The first-order valence-electron chi connectivity index (χ1n) is 5.18. The maximum absolute atomic E-state index is 11.3. The lowest BCUT2D eigenvalue weighted by atomic mass is 9.72. The molecule has 1 saturated carbocycles. The van der Waals surface area contributed by atoms with Gasteiger partial charge in [-0.2, -0.15) is 0 Å². The number of carbonyl (C=O) groups is 2. The van der Waals surface area contributed by atoms with Crippen LogP contribution < -0.4 is 0 Å². The highest BCUT2D eigenvalue weighted by Crippen LogP contribution is 2.54. The molecule has 2 aliphatic rings. The Bertz CT molecular complexity index is 333. The van der Waals surface area contributed by atoms with Crippen molar-refractivity contribution in [3.63, 3.8) is 0 Å². The molecule has 2 aliphatic carbocycles. The third-order valence-electron chi connectivity index (χ3n) is 3.72. The molecule has 0 amide bonds. The third-order valence-corrected chi connectivity index (χ3v) is 3.72. The number of hydrogen-bond donors (Lipinski definition) is 2. The Morgan fingerprint density at radius 1 is 1.33 bits per heavy atom. The summed E-state index contributed by atoms with van der Waals surface area (Å²) in [6.07, 6.45) is 5.70. The predicted molar refractivity (Wildman–Crippen MR) is 52.3 cm³/mol. The van der Waals surface area contributed by atoms with E-state index in [0.29, 0.717) is 12.3 Å². The molecule has 2 N–H and O–H groups in total. The van der Waals surface area contributed by atoms with Crippen LogP contribution in [-0.2, 0) is 9.59 Å². The zero-order valence-electron chi connectivity index (χ0n) is 8.35. The van der Waals surface area contributed by atoms with Crippen molar-refractivity contribution < 1.29 is 19.8 Å². The molecule has 4 heteroatoms. The molecule has 0 aromatic carbocycles. The number of aliphatic carboxylic acids is 2. The molecule has 0 saturated heterocycles. The summed E-state index contributed by atoms with van der Waals surface area (Å²) in [5.74, 6) is -1.36. The first-order valence-corrected chi connectivity index (χ1v) is 5.18. The van der Waals surface area contributed by atoms with Crippen molar-refractivity contribution in [2.24, 2.45) is 17.3 Å². The van der Waals surface area contributed by atoms with Gasteiger partial charge in [0.05, 0.1) is 5.41 Å². The second-order valence-electron chi connectivity index (χ2n) is 4.55. The van der Waals surface area contributed by atoms with Gasteiger partial charge in [-0.3, -0.25) is 9.59 Å². The van der Waals surface area contributed by atoms with E-state index in [1.165, 1.54) is 0 Å². The van der Waals surface area contributed by atoms with E-state index in [1.807, 2.05) is 6.08 Å². The SMILES string of the molecule is O=C(O)CCC1(C(=O)O)CC2C=CC1C2. The van der Waals surface area contributed by atoms with Crippen LogP contribution in [0.15, 0.2) is 12.2 Å². The lowest BCUT2D eigenvalue weighted by Gasteiger charge is -2.30. The first kappa shape index (κ1) is 10.2. The summed E-state index contributed by atoms with van der Waals surface area (Å²) >= 11 is 0. The molecule has 0 aliphatic heterocycles. The lowest BCUT2D eigenvalue weighted by Crippen LogP contribution is -2.35. The Kier molecular flexibility index (Phi) is 2.29. The number of hydrogen-bond acceptors (Lipinski definition) is 2. The molecule has 0 radical (unpaired) electrons. The Hall–Kier alpha value is -1.32. The van der Waals surface area contributed by atoms with E-state index in [1.54, 1.807) is 0 Å². The zero-order chi connectivity index (χ0) is 11.1. The molecule has 0 heterocycles. The molecule has 0 spiro atoms. The van der Waals surface area contributed by atoms with Gasteiger partial charge in [-0.1, -0.05) is 12.2 Å². The van der Waals surface area contributed by atoms with Crippen molar-refractivity contribution in [2.45, 2.75) is 25.7 Å². The number of rotatable bonds is 4. The predicted octanol–water partition coefficient (Wildman–Crippen LogP) is 1.52. The normalized spacial score (nSPS) is 37.1. The van der Waals surface area contributed by atoms with Crippen LogP contribution in [0, 0.1) is 17.3 Å². The van der Waals surface area contributed by atoms with Crippen LogP contribution in [0.1, 0.15) is 25.7 Å². The van der Waals surface area contributed by atoms with Crippen molar-refractivity contribution in [3.05, 3.63) is 12.2 Å². The van der Waals surface area contributed by atoms with Crippen LogP contribution >= 0.6 is 0 Å². The van der Waals surface area contributed by atoms with Gasteiger partial charge in [0.15, 0.2) is 0 Å². The van der Waals surface area contributed by atoms with Gasteiger partial charge in [-0.15, -0.1) is 0 Å². The van der Waals surface area contributed by atoms with Gasteiger partial charge in [0.2, 0.25) is 0 Å². The van der Waals surface area contributed by atoms with Crippen molar-refractivity contribution in [2.75, 3.05) is 0 Å². The van der Waals surface area contributed by atoms with Crippen LogP contribution in [-0.4, -0.2) is 22.2 Å². The Morgan fingerprint density at radius 3 is 2.47 bits per heavy atom. The van der Waals surface area contributed by atoms with Crippen molar-refractivity contribution >= 4 is 11.9 Å². The van der Waals surface area contributed by atoms with Crippen molar-refractivity contribution in [1.82, 2.24) is 0 Å². The fourth-order valence-electron chi connectivity index (χ4n) is 2.93. The molecule has 3 unspecified atom stereocenters. The smallest absolute Gasteiger partial charge is 0.310 e. The summed E-state index contributed by atoms with van der Waals surface area (Å²) in [4.78, 5) is 21.8. The van der Waals surface area contributed by atoms with Crippen molar-refractivity contribution in [3.8, 4) is 0 Å². The van der Waals surface area contributed by atoms with E-state index in [2.05, 4.69) is 6.08 Å². The molecule has 0 aromatic heterocycles. The van der Waals surface area contributed by atoms with Crippen molar-refractivity contribution in [1.29, 1.82) is 0 Å². The minimum absolute atomic E-state index is 0.0411. The van der Waals surface area contributed by atoms with E-state index < -0.39 is 17.4 Å². The molecule has 2 bridgehead atoms. The highest BCUT2D eigenvalue weighted by molar-refractivity contribution is 5.77. The van der Waals surface area contributed by atoms with Gasteiger partial charge in [-0.25, -0.2) is 0 Å². The molecule has 0 aromatic rings. The van der Waals surface area contributed by atoms with E-state index >= 15 is 0 Å². The molecule has 15 heavy (non-hydrogen) atoms. The van der Waals surface area contributed by atoms with Gasteiger partial charge >= 0.3 is 11.9 Å². The molecule has 1 fully saturated rings. The van der Waals surface area contributed by atoms with E-state index in [0.717, 1.165) is 6.42 Å². The summed E-state index contributed by atoms with van der Waals surface area (Å²) < 4.78 is 0. The average molecular weight is 210 g/mol. The minimum Gasteiger partial charge on any atom is -0.481 e. The molecular weight excluding hydrogens is 196 g/mol. The molecular formula is C11H14O4. The topological polar surface area (TPSA) is 74.6 Å². The number of allylic oxidation sites excluding steroid dienone is 2. The van der Waals surface area contributed by atoms with Gasteiger partial charge < -0.3 is 10.2 Å². The average Bonchev–Trinajstić information content (AvgIpc) is 2.74. The first-order chi connectivity index (χ1) is 7.04. The fourth-order valence-corrected chi connectivity index (χ4v) is 2.93. The summed E-state index contributed by atoms with van der Waals surface area (Å²) in [6.45, 7) is 0. The summed E-state index contributed by atoms with van der Waals surface area (Å²) in [7, 11) is 0. The number of fused-ring (bicyclic) bond motifs is 2. The molecule has 4 nitrogen and oxygen atoms in total. The Morgan fingerprint density at radius 2 is 2.07 bits per heavy atom. The van der Waals surface area contributed by atoms with Gasteiger partial charge in [0, 0.05) is 6.42 Å². The molecule has 82 valence electrons. The van der Waals surface area contributed by atoms with Gasteiger partial charge in [-0.05, 0) is 31.1 Å². The van der Waals surface area contributed by atoms with Crippen LogP contribution in [0.3, 0.4) is 0 Å². The van der Waals surface area contributed by atoms with E-state index in [9.17, 15) is 14.7 Å². The lowest BCUT2D eigenvalue weighted by molar-refractivity contribution is -0.152. The Labute approximate surface area is 87.6 Å². The summed E-state index contributed by atoms with van der Waals surface area (Å²) in [6, 6.07) is 0. The minimum atomic E-state index is -0.914. The monoisotopic (exact) mass is 210 g/mol. The number of carboxylic acid groups (broad SMARTS) is 2. The van der Waals surface area contributed by atoms with Crippen LogP contribution in [0.5, 0.6) is 0 Å². The van der Waals surface area contributed by atoms with E-state index in [4.69, 9.17) is 5.11 Å². The highest BCUT2D eigenvalue weighted by atomic mass is 16.4. The summed E-state index contributed by atoms with van der Waals surface area (Å²) in [5, 5.41) is 17.9. The third kappa shape index (κ3) is 1.54. The van der Waals surface area contributed by atoms with Gasteiger partial charge in [0.1, 0.15) is 0 Å². The largest absolute Gasteiger partial charge is 0.481 e. The molecule has 3 atom stereocenters. The fraction of sp³-hybridized carbons (Fsp3) is 0.636. The van der Waals surface area contributed by atoms with Crippen LogP contribution in [0.25, 0.3) is 0 Å². The Balaban J connectivity index is 2.16. The maximum Gasteiger partial charge on any atom is 0.310 e. The standard InChI is InChI=1S/C11H14O4/c12-9(13)3-4-11(10(14)15)6-7-1-2-8(11)5-7/h1-2,7-8H,3-6H2,(H,12,13)(H,14,15). The quantitative estimate of drug-likeness (QED) is 0.690. The number of carboxylic acids is 2. The van der Waals surface area contributed by atoms with Gasteiger partial charge in [0.25, 0.3) is 0 Å². The second-order valence-corrected chi connectivity index (χ2v) is 4.55. The van der Waals surface area contributed by atoms with Crippen LogP contribution in [0.2, 0.25) is 0 Å².